The third-order valence-electron chi connectivity index (χ3n) is 2.67. The van der Waals surface area contributed by atoms with E-state index in [1.54, 1.807) is 12.1 Å². The first kappa shape index (κ1) is 15.3. The van der Waals surface area contributed by atoms with Crippen LogP contribution in [-0.4, -0.2) is 36.9 Å². The van der Waals surface area contributed by atoms with Crippen molar-refractivity contribution in [3.63, 3.8) is 0 Å². The first-order chi connectivity index (χ1) is 9.60. The molecule has 8 heteroatoms. The molecule has 0 atom stereocenters. The van der Waals surface area contributed by atoms with Crippen LogP contribution in [0.4, 0.5) is 0 Å². The molecule has 1 amide bonds. The van der Waals surface area contributed by atoms with Crippen molar-refractivity contribution in [2.75, 3.05) is 7.05 Å². The molecule has 0 spiro atoms. The highest BCUT2D eigenvalue weighted by atomic mass is 32.2. The Morgan fingerprint density at radius 1 is 1.38 bits per heavy atom. The minimum Gasteiger partial charge on any atom is -0.463 e. The Labute approximate surface area is 123 Å². The first-order valence-electron chi connectivity index (χ1n) is 6.27. The summed E-state index contributed by atoms with van der Waals surface area (Å²) in [5.41, 5.74) is -0.398. The average Bonchev–Trinajstić information content (AvgIpc) is 2.83. The van der Waals surface area contributed by atoms with Crippen LogP contribution in [0.15, 0.2) is 39.0 Å². The second-order valence-corrected chi connectivity index (χ2v) is 7.26. The largest absolute Gasteiger partial charge is 0.463 e. The summed E-state index contributed by atoms with van der Waals surface area (Å²) < 4.78 is 33.7. The maximum Gasteiger partial charge on any atom is 0.345 e. The first-order valence-corrected chi connectivity index (χ1v) is 7.67. The molecular weight excluding hydrogens is 294 g/mol. The van der Waals surface area contributed by atoms with Gasteiger partial charge in [0.25, 0.3) is 5.91 Å². The fourth-order valence-electron chi connectivity index (χ4n) is 1.71. The van der Waals surface area contributed by atoms with Crippen molar-refractivity contribution in [1.82, 2.24) is 9.62 Å². The van der Waals surface area contributed by atoms with Crippen LogP contribution in [0.1, 0.15) is 26.5 Å². The lowest BCUT2D eigenvalue weighted by Gasteiger charge is -2.27. The van der Waals surface area contributed by atoms with Gasteiger partial charge in [-0.05, 0) is 39.0 Å². The highest BCUT2D eigenvalue weighted by Gasteiger charge is 2.31. The van der Waals surface area contributed by atoms with E-state index in [9.17, 15) is 13.2 Å². The van der Waals surface area contributed by atoms with Crippen LogP contribution in [0.25, 0.3) is 0 Å². The molecular formula is C13H17N3O4S. The highest BCUT2D eigenvalue weighted by Crippen LogP contribution is 2.20. The second kappa shape index (κ2) is 5.03. The van der Waals surface area contributed by atoms with Gasteiger partial charge in [-0.1, -0.05) is 0 Å². The van der Waals surface area contributed by atoms with Crippen molar-refractivity contribution in [2.45, 2.75) is 26.3 Å². The van der Waals surface area contributed by atoms with E-state index in [1.807, 2.05) is 20.8 Å². The van der Waals surface area contributed by atoms with Gasteiger partial charge in [0, 0.05) is 12.6 Å². The smallest absolute Gasteiger partial charge is 0.345 e. The van der Waals surface area contributed by atoms with Crippen LogP contribution in [0, 0.1) is 0 Å². The third kappa shape index (κ3) is 3.33. The number of likely N-dealkylation sites (N-methyl/N-ethyl adjacent to an activating group) is 1. The SMILES string of the molecule is CN1C(C(=O)NC(C)(C)C)=CC(c2ccco2)=NS1(=O)=O. The molecule has 0 aliphatic carbocycles. The van der Waals surface area contributed by atoms with Crippen LogP contribution in [-0.2, 0) is 15.0 Å². The van der Waals surface area contributed by atoms with Gasteiger partial charge in [-0.15, -0.1) is 4.40 Å². The molecule has 7 nitrogen and oxygen atoms in total. The molecule has 0 fully saturated rings. The molecule has 0 saturated carbocycles. The normalized spacial score (nSPS) is 18.0. The standard InChI is InChI=1S/C13H17N3O4S/c1-13(2,3)14-12(17)10-8-9(11-6-5-7-20-11)15-21(18,19)16(10)4/h5-8H,1-4H3,(H,14,17). The number of rotatable bonds is 2. The zero-order chi connectivity index (χ0) is 15.8. The zero-order valence-corrected chi connectivity index (χ0v) is 13.1. The number of carbonyl (C=O) groups excluding carboxylic acids is 1. The van der Waals surface area contributed by atoms with Crippen LogP contribution < -0.4 is 5.32 Å². The number of hydrogen-bond donors (Lipinski definition) is 1. The second-order valence-electron chi connectivity index (χ2n) is 5.63. The highest BCUT2D eigenvalue weighted by molar-refractivity contribution is 7.88. The van der Waals surface area contributed by atoms with Crippen molar-refractivity contribution in [1.29, 1.82) is 0 Å². The van der Waals surface area contributed by atoms with Crippen LogP contribution in [0.3, 0.4) is 0 Å². The third-order valence-corrected chi connectivity index (χ3v) is 3.98. The summed E-state index contributed by atoms with van der Waals surface area (Å²) in [4.78, 5) is 12.3. The summed E-state index contributed by atoms with van der Waals surface area (Å²) in [6, 6.07) is 3.20. The van der Waals surface area contributed by atoms with Gasteiger partial charge in [0.1, 0.15) is 11.4 Å². The molecule has 0 aromatic carbocycles. The summed E-state index contributed by atoms with van der Waals surface area (Å²) >= 11 is 0. The summed E-state index contributed by atoms with van der Waals surface area (Å²) in [7, 11) is -2.67. The van der Waals surface area contributed by atoms with Crippen molar-refractivity contribution in [2.24, 2.45) is 4.40 Å². The van der Waals surface area contributed by atoms with Crippen LogP contribution in [0.5, 0.6) is 0 Å². The van der Waals surface area contributed by atoms with Crippen molar-refractivity contribution >= 4 is 21.8 Å². The zero-order valence-electron chi connectivity index (χ0n) is 12.2. The van der Waals surface area contributed by atoms with E-state index in [4.69, 9.17) is 4.42 Å². The Kier molecular flexibility index (Phi) is 3.66. The molecule has 1 aromatic heterocycles. The molecule has 1 N–H and O–H groups in total. The Morgan fingerprint density at radius 2 is 2.05 bits per heavy atom. The molecule has 1 aromatic rings. The summed E-state index contributed by atoms with van der Waals surface area (Å²) in [5, 5.41) is 2.72. The maximum absolute atomic E-state index is 12.3. The average molecular weight is 311 g/mol. The minimum atomic E-state index is -3.95. The number of hydrogen-bond acceptors (Lipinski definition) is 4. The number of furan rings is 1. The van der Waals surface area contributed by atoms with Crippen molar-refractivity contribution < 1.29 is 17.6 Å². The van der Waals surface area contributed by atoms with Gasteiger partial charge in [-0.25, -0.2) is 4.31 Å². The van der Waals surface area contributed by atoms with E-state index in [2.05, 4.69) is 9.71 Å². The molecule has 0 bridgehead atoms. The molecule has 0 radical (unpaired) electrons. The minimum absolute atomic E-state index is 0.00803. The van der Waals surface area contributed by atoms with E-state index in [-0.39, 0.29) is 17.2 Å². The van der Waals surface area contributed by atoms with Crippen molar-refractivity contribution in [3.05, 3.63) is 35.9 Å². The van der Waals surface area contributed by atoms with E-state index in [0.717, 1.165) is 4.31 Å². The van der Waals surface area contributed by atoms with Gasteiger partial charge in [-0.3, -0.25) is 4.79 Å². The topological polar surface area (TPSA) is 92.0 Å². The molecule has 0 saturated heterocycles. The lowest BCUT2D eigenvalue weighted by atomic mass is 10.1. The molecule has 0 unspecified atom stereocenters. The van der Waals surface area contributed by atoms with Gasteiger partial charge < -0.3 is 9.73 Å². The van der Waals surface area contributed by atoms with Crippen LogP contribution >= 0.6 is 0 Å². The summed E-state index contributed by atoms with van der Waals surface area (Å²) in [6.07, 6.45) is 2.80. The number of amides is 1. The van der Waals surface area contributed by atoms with E-state index >= 15 is 0 Å². The molecule has 2 heterocycles. The predicted molar refractivity (Wildman–Crippen MR) is 77.9 cm³/mol. The van der Waals surface area contributed by atoms with E-state index in [1.165, 1.54) is 19.4 Å². The summed E-state index contributed by atoms with van der Waals surface area (Å²) in [5.74, 6) is -0.208. The predicted octanol–water partition coefficient (Wildman–Crippen LogP) is 1.06. The Hall–Kier alpha value is -2.09. The van der Waals surface area contributed by atoms with Gasteiger partial charge in [0.2, 0.25) is 0 Å². The van der Waals surface area contributed by atoms with Crippen LogP contribution in [0.2, 0.25) is 0 Å². The Balaban J connectivity index is 2.44. The summed E-state index contributed by atoms with van der Waals surface area (Å²) in [6.45, 7) is 5.43. The molecule has 2 rings (SSSR count). The number of nitrogens with zero attached hydrogens (tertiary/aromatic N) is 2. The van der Waals surface area contributed by atoms with Crippen molar-refractivity contribution in [3.8, 4) is 0 Å². The molecule has 1 aliphatic rings. The van der Waals surface area contributed by atoms with Gasteiger partial charge >= 0.3 is 10.2 Å². The lowest BCUT2D eigenvalue weighted by molar-refractivity contribution is -0.119. The fraction of sp³-hybridized carbons (Fsp3) is 0.385. The Bertz CT molecular complexity index is 709. The number of nitrogens with one attached hydrogen (secondary N) is 1. The Morgan fingerprint density at radius 3 is 2.57 bits per heavy atom. The molecule has 1 aliphatic heterocycles. The van der Waals surface area contributed by atoms with Gasteiger partial charge in [0.15, 0.2) is 5.76 Å². The van der Waals surface area contributed by atoms with E-state index < -0.39 is 21.7 Å². The number of allylic oxidation sites excluding steroid dienone is 1. The molecule has 114 valence electrons. The maximum atomic E-state index is 12.3. The lowest BCUT2D eigenvalue weighted by Crippen LogP contribution is -2.45. The fourth-order valence-corrected chi connectivity index (χ4v) is 2.61. The quantitative estimate of drug-likeness (QED) is 0.884. The van der Waals surface area contributed by atoms with E-state index in [0.29, 0.717) is 0 Å². The molecule has 21 heavy (non-hydrogen) atoms. The number of carbonyl (C=O) groups is 1. The van der Waals surface area contributed by atoms with Gasteiger partial charge in [-0.2, -0.15) is 8.42 Å². The van der Waals surface area contributed by atoms with Gasteiger partial charge in [0.05, 0.1) is 6.26 Å². The monoisotopic (exact) mass is 311 g/mol.